The number of hydrogen-bond donors (Lipinski definition) is 1. The van der Waals surface area contributed by atoms with E-state index >= 15 is 0 Å². The van der Waals surface area contributed by atoms with Gasteiger partial charge < -0.3 is 9.52 Å². The predicted octanol–water partition coefficient (Wildman–Crippen LogP) is 3.22. The Balaban J connectivity index is 2.26. The molecule has 8 heteroatoms. The Hall–Kier alpha value is -2.57. The van der Waals surface area contributed by atoms with E-state index in [1.165, 1.54) is 18.2 Å². The van der Waals surface area contributed by atoms with Gasteiger partial charge in [-0.05, 0) is 24.3 Å². The van der Waals surface area contributed by atoms with Crippen molar-refractivity contribution in [1.29, 1.82) is 0 Å². The largest absolute Gasteiger partial charge is 0.480 e. The summed E-state index contributed by atoms with van der Waals surface area (Å²) in [5.41, 5.74) is 0.351. The van der Waals surface area contributed by atoms with E-state index in [2.05, 4.69) is 0 Å². The van der Waals surface area contributed by atoms with Crippen LogP contribution in [-0.4, -0.2) is 21.4 Å². The van der Waals surface area contributed by atoms with Crippen LogP contribution in [0.25, 0.3) is 11.1 Å². The molecular formula is C16H9Cl2NO5. The normalized spacial score (nSPS) is 10.9. The number of carboxylic acids is 1. The molecule has 2 aromatic carbocycles. The molecule has 1 aromatic heterocycles. The fraction of sp³-hybridized carbons (Fsp3) is 0.0625. The highest BCUT2D eigenvalue weighted by Gasteiger charge is 2.22. The van der Waals surface area contributed by atoms with Gasteiger partial charge in [0.25, 0.3) is 0 Å². The zero-order valence-corrected chi connectivity index (χ0v) is 13.5. The van der Waals surface area contributed by atoms with Gasteiger partial charge in [-0.1, -0.05) is 35.3 Å². The van der Waals surface area contributed by atoms with Gasteiger partial charge in [-0.25, -0.2) is 4.79 Å². The molecule has 0 amide bonds. The van der Waals surface area contributed by atoms with Crippen molar-refractivity contribution >= 4 is 46.1 Å². The Morgan fingerprint density at radius 1 is 1.12 bits per heavy atom. The number of fused-ring (bicyclic) bond motifs is 1. The lowest BCUT2D eigenvalue weighted by atomic mass is 10.0. The monoisotopic (exact) mass is 365 g/mol. The number of carboxylic acid groups (broad SMARTS) is 1. The third kappa shape index (κ3) is 2.81. The van der Waals surface area contributed by atoms with Crippen molar-refractivity contribution in [2.45, 2.75) is 6.54 Å². The second-order valence-corrected chi connectivity index (χ2v) is 5.80. The molecule has 6 nitrogen and oxygen atoms in total. The lowest BCUT2D eigenvalue weighted by Crippen LogP contribution is -2.19. The first-order chi connectivity index (χ1) is 11.4. The first kappa shape index (κ1) is 16.3. The fourth-order valence-electron chi connectivity index (χ4n) is 2.37. The van der Waals surface area contributed by atoms with Crippen molar-refractivity contribution in [2.75, 3.05) is 0 Å². The Kier molecular flexibility index (Phi) is 4.17. The van der Waals surface area contributed by atoms with Crippen molar-refractivity contribution in [2.24, 2.45) is 0 Å². The number of aromatic nitrogens is 1. The number of carbonyl (C=O) groups is 2. The van der Waals surface area contributed by atoms with Gasteiger partial charge in [0.15, 0.2) is 11.4 Å². The Morgan fingerprint density at radius 2 is 1.83 bits per heavy atom. The predicted molar refractivity (Wildman–Crippen MR) is 88.0 cm³/mol. The van der Waals surface area contributed by atoms with Gasteiger partial charge in [0.1, 0.15) is 6.54 Å². The fourth-order valence-corrected chi connectivity index (χ4v) is 2.81. The number of oxazole rings is 1. The molecule has 3 aromatic rings. The van der Waals surface area contributed by atoms with Gasteiger partial charge in [0, 0.05) is 10.6 Å². The summed E-state index contributed by atoms with van der Waals surface area (Å²) >= 11 is 12.1. The summed E-state index contributed by atoms with van der Waals surface area (Å²) in [6.07, 6.45) is 0. The molecule has 122 valence electrons. The molecule has 0 aliphatic heterocycles. The number of carbonyl (C=O) groups excluding carboxylic acids is 1. The van der Waals surface area contributed by atoms with Gasteiger partial charge in [0.2, 0.25) is 0 Å². The molecule has 24 heavy (non-hydrogen) atoms. The second-order valence-electron chi connectivity index (χ2n) is 4.96. The molecule has 3 rings (SSSR count). The molecule has 0 spiro atoms. The number of ketones is 1. The van der Waals surface area contributed by atoms with Gasteiger partial charge >= 0.3 is 11.7 Å². The number of nitrogens with zero attached hydrogens (tertiary/aromatic N) is 1. The van der Waals surface area contributed by atoms with Crippen LogP contribution in [0.15, 0.2) is 45.6 Å². The van der Waals surface area contributed by atoms with Crippen LogP contribution in [0.5, 0.6) is 0 Å². The summed E-state index contributed by atoms with van der Waals surface area (Å²) in [5.74, 6) is -2.59. The first-order valence-electron chi connectivity index (χ1n) is 6.72. The molecule has 1 N–H and O–H groups in total. The summed E-state index contributed by atoms with van der Waals surface area (Å²) < 4.78 is 5.99. The molecule has 0 aliphatic carbocycles. The van der Waals surface area contributed by atoms with E-state index in [4.69, 9.17) is 32.7 Å². The molecule has 0 aliphatic rings. The zero-order chi connectivity index (χ0) is 17.4. The van der Waals surface area contributed by atoms with E-state index in [1.807, 2.05) is 0 Å². The Morgan fingerprint density at radius 3 is 2.50 bits per heavy atom. The lowest BCUT2D eigenvalue weighted by Gasteiger charge is -2.05. The standard InChI is InChI=1S/C16H9Cl2NO5/c17-8-5-10(14(22)9-3-1-2-4-11(9)18)15-12(6-8)19(7-13(20)21)16(23)24-15/h1-6H,7H2,(H,20,21). The minimum Gasteiger partial charge on any atom is -0.480 e. The lowest BCUT2D eigenvalue weighted by molar-refractivity contribution is -0.137. The van der Waals surface area contributed by atoms with Gasteiger partial charge in [-0.3, -0.25) is 14.2 Å². The van der Waals surface area contributed by atoms with Crippen LogP contribution in [0.2, 0.25) is 10.0 Å². The SMILES string of the molecule is O=C(O)Cn1c(=O)oc2c(C(=O)c3ccccc3Cl)cc(Cl)cc21. The molecule has 1 heterocycles. The van der Waals surface area contributed by atoms with Crippen molar-refractivity contribution in [3.8, 4) is 0 Å². The zero-order valence-electron chi connectivity index (χ0n) is 12.0. The molecule has 0 unspecified atom stereocenters. The van der Waals surface area contributed by atoms with Crippen LogP contribution >= 0.6 is 23.2 Å². The highest BCUT2D eigenvalue weighted by molar-refractivity contribution is 6.36. The Bertz CT molecular complexity index is 1030. The highest BCUT2D eigenvalue weighted by atomic mass is 35.5. The van der Waals surface area contributed by atoms with Crippen LogP contribution in [0.3, 0.4) is 0 Å². The van der Waals surface area contributed by atoms with Gasteiger partial charge in [0.05, 0.1) is 16.1 Å². The average Bonchev–Trinajstić information content (AvgIpc) is 2.82. The van der Waals surface area contributed by atoms with E-state index in [1.54, 1.807) is 18.2 Å². The second kappa shape index (κ2) is 6.14. The Labute approximate surface area is 144 Å². The van der Waals surface area contributed by atoms with Crippen molar-refractivity contribution < 1.29 is 19.1 Å². The topological polar surface area (TPSA) is 89.5 Å². The summed E-state index contributed by atoms with van der Waals surface area (Å²) in [6, 6.07) is 9.13. The molecule has 0 fully saturated rings. The number of rotatable bonds is 4. The van der Waals surface area contributed by atoms with Gasteiger partial charge in [-0.15, -0.1) is 0 Å². The van der Waals surface area contributed by atoms with Crippen LogP contribution in [-0.2, 0) is 11.3 Å². The molecule has 0 bridgehead atoms. The quantitative estimate of drug-likeness (QED) is 0.716. The maximum Gasteiger partial charge on any atom is 0.420 e. The average molecular weight is 366 g/mol. The molecule has 0 atom stereocenters. The summed E-state index contributed by atoms with van der Waals surface area (Å²) in [4.78, 5) is 35.6. The van der Waals surface area contributed by atoms with E-state index < -0.39 is 24.1 Å². The maximum atomic E-state index is 12.7. The maximum absolute atomic E-state index is 12.7. The number of hydrogen-bond acceptors (Lipinski definition) is 4. The molecule has 0 radical (unpaired) electrons. The first-order valence-corrected chi connectivity index (χ1v) is 7.48. The van der Waals surface area contributed by atoms with E-state index in [0.717, 1.165) is 4.57 Å². The van der Waals surface area contributed by atoms with Gasteiger partial charge in [-0.2, -0.15) is 0 Å². The van der Waals surface area contributed by atoms with Crippen LogP contribution < -0.4 is 5.76 Å². The van der Waals surface area contributed by atoms with Crippen molar-refractivity contribution in [3.63, 3.8) is 0 Å². The minimum atomic E-state index is -1.22. The van der Waals surface area contributed by atoms with E-state index in [-0.39, 0.29) is 32.3 Å². The van der Waals surface area contributed by atoms with Crippen LogP contribution in [0.4, 0.5) is 0 Å². The number of halogens is 2. The van der Waals surface area contributed by atoms with Crippen LogP contribution in [0.1, 0.15) is 15.9 Å². The smallest absolute Gasteiger partial charge is 0.420 e. The van der Waals surface area contributed by atoms with E-state index in [9.17, 15) is 14.4 Å². The minimum absolute atomic E-state index is 0.0319. The van der Waals surface area contributed by atoms with Crippen molar-refractivity contribution in [3.05, 3.63) is 68.1 Å². The summed E-state index contributed by atoms with van der Waals surface area (Å²) in [6.45, 7) is -0.605. The third-order valence-electron chi connectivity index (χ3n) is 3.39. The van der Waals surface area contributed by atoms with Crippen LogP contribution in [0, 0.1) is 0 Å². The highest BCUT2D eigenvalue weighted by Crippen LogP contribution is 2.27. The third-order valence-corrected chi connectivity index (χ3v) is 3.94. The molecular weight excluding hydrogens is 357 g/mol. The molecule has 0 saturated heterocycles. The number of benzene rings is 2. The van der Waals surface area contributed by atoms with E-state index in [0.29, 0.717) is 0 Å². The van der Waals surface area contributed by atoms with Crippen molar-refractivity contribution in [1.82, 2.24) is 4.57 Å². The summed E-state index contributed by atoms with van der Waals surface area (Å²) in [7, 11) is 0. The summed E-state index contributed by atoms with van der Waals surface area (Å²) in [5, 5.41) is 9.32. The number of aliphatic carboxylic acids is 1. The molecule has 0 saturated carbocycles.